The number of carbonyl (C=O) groups is 1. The number of nitrogens with zero attached hydrogens (tertiary/aromatic N) is 1. The minimum Gasteiger partial charge on any atom is -0.360 e. The zero-order valence-electron chi connectivity index (χ0n) is 5.71. The minimum atomic E-state index is -0.555. The highest BCUT2D eigenvalue weighted by Crippen LogP contribution is 2.40. The van der Waals surface area contributed by atoms with Gasteiger partial charge in [-0.1, -0.05) is 5.16 Å². The molecule has 0 saturated heterocycles. The van der Waals surface area contributed by atoms with Gasteiger partial charge in [0.1, 0.15) is 5.76 Å². The number of carbonyl (C=O) groups excluding carboxylic acids is 1. The monoisotopic (exact) mass is 171 g/mol. The van der Waals surface area contributed by atoms with E-state index in [-0.39, 0.29) is 5.69 Å². The van der Waals surface area contributed by atoms with Crippen LogP contribution in [0.1, 0.15) is 35.0 Å². The van der Waals surface area contributed by atoms with Gasteiger partial charge in [0.15, 0.2) is 5.69 Å². The van der Waals surface area contributed by atoms with Gasteiger partial charge in [0.25, 0.3) is 5.24 Å². The lowest BCUT2D eigenvalue weighted by atomic mass is 10.3. The maximum absolute atomic E-state index is 10.5. The van der Waals surface area contributed by atoms with Crippen molar-refractivity contribution in [1.29, 1.82) is 0 Å². The SMILES string of the molecule is O=C(Cl)c1cc(C2CC2)on1. The van der Waals surface area contributed by atoms with Gasteiger partial charge in [0, 0.05) is 12.0 Å². The summed E-state index contributed by atoms with van der Waals surface area (Å²) in [6, 6.07) is 1.62. The Morgan fingerprint density at radius 3 is 2.91 bits per heavy atom. The first-order valence-electron chi connectivity index (χ1n) is 3.44. The van der Waals surface area contributed by atoms with E-state index in [0.29, 0.717) is 5.92 Å². The Kier molecular flexibility index (Phi) is 1.46. The fourth-order valence-corrected chi connectivity index (χ4v) is 1.03. The first-order valence-corrected chi connectivity index (χ1v) is 3.81. The van der Waals surface area contributed by atoms with E-state index in [1.54, 1.807) is 6.07 Å². The second-order valence-electron chi connectivity index (χ2n) is 2.66. The van der Waals surface area contributed by atoms with Crippen LogP contribution in [0.4, 0.5) is 0 Å². The molecule has 4 heteroatoms. The Morgan fingerprint density at radius 1 is 1.73 bits per heavy atom. The van der Waals surface area contributed by atoms with Crippen LogP contribution in [0, 0.1) is 0 Å². The van der Waals surface area contributed by atoms with Gasteiger partial charge in [-0.2, -0.15) is 0 Å². The zero-order chi connectivity index (χ0) is 7.84. The van der Waals surface area contributed by atoms with Crippen LogP contribution in [0.15, 0.2) is 10.6 Å². The molecule has 1 fully saturated rings. The number of aromatic nitrogens is 1. The van der Waals surface area contributed by atoms with E-state index in [1.807, 2.05) is 0 Å². The molecule has 11 heavy (non-hydrogen) atoms. The Hall–Kier alpha value is -0.830. The lowest BCUT2D eigenvalue weighted by Gasteiger charge is -1.80. The smallest absolute Gasteiger partial charge is 0.274 e. The lowest BCUT2D eigenvalue weighted by Crippen LogP contribution is -1.85. The van der Waals surface area contributed by atoms with Crippen LogP contribution in [-0.4, -0.2) is 10.4 Å². The quantitative estimate of drug-likeness (QED) is 0.639. The largest absolute Gasteiger partial charge is 0.360 e. The standard InChI is InChI=1S/C7H6ClNO2/c8-7(10)5-3-6(11-9-5)4-1-2-4/h3-4H,1-2H2. The second-order valence-corrected chi connectivity index (χ2v) is 3.01. The van der Waals surface area contributed by atoms with Crippen LogP contribution in [0.25, 0.3) is 0 Å². The van der Waals surface area contributed by atoms with Crippen LogP contribution in [-0.2, 0) is 0 Å². The molecule has 3 nitrogen and oxygen atoms in total. The van der Waals surface area contributed by atoms with Crippen molar-refractivity contribution < 1.29 is 9.32 Å². The van der Waals surface area contributed by atoms with Crippen LogP contribution >= 0.6 is 11.6 Å². The summed E-state index contributed by atoms with van der Waals surface area (Å²) in [5.74, 6) is 1.27. The summed E-state index contributed by atoms with van der Waals surface area (Å²) >= 11 is 5.18. The van der Waals surface area contributed by atoms with E-state index >= 15 is 0 Å². The van der Waals surface area contributed by atoms with Gasteiger partial charge in [-0.3, -0.25) is 4.79 Å². The fraction of sp³-hybridized carbons (Fsp3) is 0.429. The molecular weight excluding hydrogens is 166 g/mol. The van der Waals surface area contributed by atoms with Crippen molar-refractivity contribution in [3.8, 4) is 0 Å². The van der Waals surface area contributed by atoms with Gasteiger partial charge < -0.3 is 4.52 Å². The molecule has 0 N–H and O–H groups in total. The van der Waals surface area contributed by atoms with Crippen molar-refractivity contribution in [2.45, 2.75) is 18.8 Å². The van der Waals surface area contributed by atoms with Gasteiger partial charge in [-0.05, 0) is 24.4 Å². The number of halogens is 1. The molecule has 1 aromatic rings. The molecule has 58 valence electrons. The van der Waals surface area contributed by atoms with Crippen molar-refractivity contribution in [3.63, 3.8) is 0 Å². The normalized spacial score (nSPS) is 16.8. The third-order valence-corrected chi connectivity index (χ3v) is 1.90. The van der Waals surface area contributed by atoms with E-state index in [1.165, 1.54) is 0 Å². The van der Waals surface area contributed by atoms with E-state index in [0.717, 1.165) is 18.6 Å². The van der Waals surface area contributed by atoms with Gasteiger partial charge in [0.05, 0.1) is 0 Å². The van der Waals surface area contributed by atoms with Gasteiger partial charge >= 0.3 is 0 Å². The maximum Gasteiger partial charge on any atom is 0.274 e. The zero-order valence-corrected chi connectivity index (χ0v) is 6.47. The summed E-state index contributed by atoms with van der Waals surface area (Å²) in [6.45, 7) is 0. The van der Waals surface area contributed by atoms with Crippen LogP contribution < -0.4 is 0 Å². The lowest BCUT2D eigenvalue weighted by molar-refractivity contribution is 0.107. The average Bonchev–Trinajstić information content (AvgIpc) is 2.68. The molecule has 1 aliphatic rings. The predicted molar refractivity (Wildman–Crippen MR) is 38.7 cm³/mol. The summed E-state index contributed by atoms with van der Waals surface area (Å²) in [6.07, 6.45) is 2.26. The van der Waals surface area contributed by atoms with Gasteiger partial charge in [-0.15, -0.1) is 0 Å². The Morgan fingerprint density at radius 2 is 2.45 bits per heavy atom. The summed E-state index contributed by atoms with van der Waals surface area (Å²) in [7, 11) is 0. The molecule has 1 aliphatic carbocycles. The minimum absolute atomic E-state index is 0.216. The van der Waals surface area contributed by atoms with Crippen molar-refractivity contribution in [2.24, 2.45) is 0 Å². The molecular formula is C7H6ClNO2. The first kappa shape index (κ1) is 6.85. The third-order valence-electron chi connectivity index (χ3n) is 1.71. The highest BCUT2D eigenvalue weighted by atomic mass is 35.5. The average molecular weight is 172 g/mol. The van der Waals surface area contributed by atoms with Crippen LogP contribution in [0.5, 0.6) is 0 Å². The predicted octanol–water partition coefficient (Wildman–Crippen LogP) is 1.93. The highest BCUT2D eigenvalue weighted by molar-refractivity contribution is 6.67. The Balaban J connectivity index is 2.25. The van der Waals surface area contributed by atoms with E-state index in [4.69, 9.17) is 16.1 Å². The van der Waals surface area contributed by atoms with Crippen molar-refractivity contribution >= 4 is 16.8 Å². The molecule has 0 unspecified atom stereocenters. The number of rotatable bonds is 2. The molecule has 0 spiro atoms. The van der Waals surface area contributed by atoms with E-state index in [9.17, 15) is 4.79 Å². The molecule has 0 aromatic carbocycles. The van der Waals surface area contributed by atoms with Crippen molar-refractivity contribution in [2.75, 3.05) is 0 Å². The molecule has 0 bridgehead atoms. The second kappa shape index (κ2) is 2.34. The molecule has 0 amide bonds. The van der Waals surface area contributed by atoms with Gasteiger partial charge in [-0.25, -0.2) is 0 Å². The highest BCUT2D eigenvalue weighted by Gasteiger charge is 2.28. The fourth-order valence-electron chi connectivity index (χ4n) is 0.942. The van der Waals surface area contributed by atoms with Crippen LogP contribution in [0.3, 0.4) is 0 Å². The van der Waals surface area contributed by atoms with Crippen LogP contribution in [0.2, 0.25) is 0 Å². The summed E-state index contributed by atoms with van der Waals surface area (Å²) < 4.78 is 4.89. The third kappa shape index (κ3) is 1.28. The number of hydrogen-bond acceptors (Lipinski definition) is 3. The first-order chi connectivity index (χ1) is 5.27. The number of hydrogen-bond donors (Lipinski definition) is 0. The van der Waals surface area contributed by atoms with Gasteiger partial charge in [0.2, 0.25) is 0 Å². The molecule has 0 atom stereocenters. The Bertz CT molecular complexity index is 290. The summed E-state index contributed by atoms with van der Waals surface area (Å²) in [4.78, 5) is 10.5. The van der Waals surface area contributed by atoms with E-state index in [2.05, 4.69) is 5.16 Å². The summed E-state index contributed by atoms with van der Waals surface area (Å²) in [5.41, 5.74) is 0.216. The molecule has 1 saturated carbocycles. The molecule has 0 radical (unpaired) electrons. The molecule has 1 heterocycles. The molecule has 1 aromatic heterocycles. The topological polar surface area (TPSA) is 43.1 Å². The summed E-state index contributed by atoms with van der Waals surface area (Å²) in [5, 5.41) is 2.97. The Labute approximate surface area is 68.3 Å². The van der Waals surface area contributed by atoms with Crippen molar-refractivity contribution in [1.82, 2.24) is 5.16 Å². The van der Waals surface area contributed by atoms with E-state index < -0.39 is 5.24 Å². The van der Waals surface area contributed by atoms with Crippen molar-refractivity contribution in [3.05, 3.63) is 17.5 Å². The molecule has 0 aliphatic heterocycles. The maximum atomic E-state index is 10.5. The molecule has 2 rings (SSSR count).